The van der Waals surface area contributed by atoms with E-state index in [-0.39, 0.29) is 28.1 Å². The maximum atomic E-state index is 7.46. The summed E-state index contributed by atoms with van der Waals surface area (Å²) >= 11 is 0. The number of hydrogen-bond acceptors (Lipinski definition) is 9. The van der Waals surface area contributed by atoms with E-state index in [1.807, 2.05) is 0 Å². The highest BCUT2D eigenvalue weighted by molar-refractivity contribution is 7.43. The number of hydrogen-bond donors (Lipinski definition) is 0. The average molecular weight is 2060 g/mol. The minimum absolute atomic E-state index is 0.0686. The van der Waals surface area contributed by atoms with Gasteiger partial charge >= 0.3 is 25.8 Å². The van der Waals surface area contributed by atoms with Crippen molar-refractivity contribution in [2.45, 2.75) is 609 Å². The van der Waals surface area contributed by atoms with E-state index in [9.17, 15) is 0 Å². The molecule has 0 bridgehead atoms. The Kier molecular flexibility index (Phi) is 71.3. The molecule has 0 aliphatic heterocycles. The highest BCUT2D eigenvalue weighted by Gasteiger charge is 2.35. The summed E-state index contributed by atoms with van der Waals surface area (Å²) < 4.78 is 64.5. The van der Waals surface area contributed by atoms with E-state index in [2.05, 4.69) is 241 Å². The lowest BCUT2D eigenvalue weighted by molar-refractivity contribution is 0.197. The van der Waals surface area contributed by atoms with Crippen molar-refractivity contribution in [3.8, 4) is 34.5 Å². The first-order valence-electron chi connectivity index (χ1n) is 61.5. The second kappa shape index (κ2) is 80.2. The monoisotopic (exact) mass is 2060 g/mol. The smallest absolute Gasteiger partial charge is 0.426 e. The first kappa shape index (κ1) is 129. The quantitative estimate of drug-likeness (QED) is 0.0274. The predicted molar refractivity (Wildman–Crippen MR) is 636 cm³/mol. The first-order chi connectivity index (χ1) is 70.4. The first-order valence-corrected chi connectivity index (χ1v) is 64.8. The van der Waals surface area contributed by atoms with Crippen molar-refractivity contribution in [2.75, 3.05) is 19.8 Å². The molecule has 6 aromatic carbocycles. The maximum Gasteiger partial charge on any atom is 0.530 e. The van der Waals surface area contributed by atoms with Crippen LogP contribution < -0.4 is 27.1 Å². The molecule has 0 N–H and O–H groups in total. The Morgan fingerprint density at radius 2 is 0.428 bits per heavy atom. The van der Waals surface area contributed by atoms with E-state index in [4.69, 9.17) is 40.7 Å². The molecule has 3 atom stereocenters. The Hall–Kier alpha value is -4.71. The average Bonchev–Trinajstić information content (AvgIpc) is 0.760. The van der Waals surface area contributed by atoms with Gasteiger partial charge < -0.3 is 36.2 Å². The van der Waals surface area contributed by atoms with E-state index in [1.165, 1.54) is 422 Å². The standard InChI is InChI=1S/C133H223O9P3/c1-20-26-32-38-44-47-50-53-56-59-62-65-71-77-83-98-134-143(135-99-84-78-72-66-63-60-57-54-51-48-45-39-33-27-21-2)140-128-103-113(9)122(109-126(128)132(14,15)16)124(123-110-127(133(17,18)19)129(104-114(123)10)141-144(137-118-95-86-92-115(105-118)89-80-74-68-41-35-29-23-4)136-100-85-79-73-67-64-61-58-55-52-49-46-40-34-28-22-3)101-111(7)121-108-125(131(11,12)13)130(102-112(121)8)142-145(138-119-96-87-93-116(106-119)90-81-75-69-42-36-30-24-5)139-120-97-88-94-117(107-120)91-82-76-70-43-37-31-25-6/h86-88,92-97,102-111,124H,20-85,89-91,98-101H2,1-19H3. The van der Waals surface area contributed by atoms with Crippen molar-refractivity contribution in [1.82, 2.24) is 0 Å². The molecule has 0 fully saturated rings. The summed E-state index contributed by atoms with van der Waals surface area (Å²) in [5.41, 5.74) is 13.7. The predicted octanol–water partition coefficient (Wildman–Crippen LogP) is 46.4. The molecule has 0 aliphatic rings. The Morgan fingerprint density at radius 3 is 0.683 bits per heavy atom. The lowest BCUT2D eigenvalue weighted by Gasteiger charge is -2.33. The molecule has 0 heterocycles. The minimum Gasteiger partial charge on any atom is -0.426 e. The highest BCUT2D eigenvalue weighted by Crippen LogP contribution is 2.53. The molecule has 0 spiro atoms. The summed E-state index contributed by atoms with van der Waals surface area (Å²) in [5, 5.41) is 0. The fraction of sp³-hybridized carbons (Fsp3) is 0.729. The maximum absolute atomic E-state index is 7.46. The molecular weight excluding hydrogens is 1830 g/mol. The largest absolute Gasteiger partial charge is 0.530 e. The van der Waals surface area contributed by atoms with Crippen LogP contribution in [0.5, 0.6) is 34.5 Å². The Balaban J connectivity index is 1.41. The van der Waals surface area contributed by atoms with Crippen LogP contribution in [0.1, 0.15) is 620 Å². The molecule has 824 valence electrons. The number of rotatable bonds is 92. The van der Waals surface area contributed by atoms with Crippen LogP contribution in [0.2, 0.25) is 0 Å². The lowest BCUT2D eigenvalue weighted by Crippen LogP contribution is -2.19. The molecule has 6 rings (SSSR count). The van der Waals surface area contributed by atoms with Gasteiger partial charge in [-0.1, -0.05) is 551 Å². The zero-order valence-electron chi connectivity index (χ0n) is 97.7. The van der Waals surface area contributed by atoms with Crippen LogP contribution in [0.4, 0.5) is 0 Å². The molecule has 0 aromatic heterocycles. The molecular formula is C133H223O9P3. The molecule has 0 radical (unpaired) electrons. The zero-order valence-corrected chi connectivity index (χ0v) is 100. The molecule has 0 aliphatic carbocycles. The summed E-state index contributed by atoms with van der Waals surface area (Å²) in [7, 11) is -5.56. The van der Waals surface area contributed by atoms with Crippen molar-refractivity contribution < 1.29 is 40.7 Å². The second-order valence-electron chi connectivity index (χ2n) is 47.2. The van der Waals surface area contributed by atoms with Crippen LogP contribution in [0.25, 0.3) is 0 Å². The van der Waals surface area contributed by atoms with Crippen molar-refractivity contribution in [2.24, 2.45) is 0 Å². The van der Waals surface area contributed by atoms with E-state index in [0.29, 0.717) is 19.8 Å². The van der Waals surface area contributed by atoms with Gasteiger partial charge in [0.05, 0.1) is 19.8 Å². The van der Waals surface area contributed by atoms with Crippen LogP contribution in [-0.2, 0) is 49.1 Å². The minimum atomic E-state index is -1.99. The van der Waals surface area contributed by atoms with Gasteiger partial charge in [-0.2, -0.15) is 0 Å². The van der Waals surface area contributed by atoms with Crippen LogP contribution >= 0.6 is 25.8 Å². The fourth-order valence-corrected chi connectivity index (χ4v) is 24.0. The number of aryl methyl sites for hydroxylation is 6. The van der Waals surface area contributed by atoms with Gasteiger partial charge in [-0.25, -0.2) is 0 Å². The summed E-state index contributed by atoms with van der Waals surface area (Å²) in [6, 6.07) is 40.7. The van der Waals surface area contributed by atoms with Crippen LogP contribution in [0.15, 0.2) is 109 Å². The molecule has 0 saturated carbocycles. The molecule has 6 aromatic rings. The van der Waals surface area contributed by atoms with Crippen molar-refractivity contribution in [1.29, 1.82) is 0 Å². The van der Waals surface area contributed by atoms with E-state index in [1.54, 1.807) is 0 Å². The van der Waals surface area contributed by atoms with E-state index >= 15 is 0 Å². The van der Waals surface area contributed by atoms with Gasteiger partial charge in [-0.3, -0.25) is 4.52 Å². The van der Waals surface area contributed by atoms with Crippen molar-refractivity contribution in [3.05, 3.63) is 176 Å². The van der Waals surface area contributed by atoms with Crippen molar-refractivity contribution >= 4 is 25.8 Å². The van der Waals surface area contributed by atoms with E-state index < -0.39 is 25.8 Å². The second-order valence-corrected chi connectivity index (χ2v) is 50.4. The third-order valence-corrected chi connectivity index (χ3v) is 33.5. The third kappa shape index (κ3) is 58.3. The topological polar surface area (TPSA) is 83.1 Å². The molecule has 0 saturated heterocycles. The van der Waals surface area contributed by atoms with Crippen LogP contribution in [-0.4, -0.2) is 19.8 Å². The summed E-state index contributed by atoms with van der Waals surface area (Å²) in [4.78, 5) is 0. The fourth-order valence-electron chi connectivity index (χ4n) is 20.9. The van der Waals surface area contributed by atoms with Crippen molar-refractivity contribution in [3.63, 3.8) is 0 Å². The van der Waals surface area contributed by atoms with Crippen LogP contribution in [0.3, 0.4) is 0 Å². The normalized spacial score (nSPS) is 12.7. The molecule has 3 unspecified atom stereocenters. The zero-order chi connectivity index (χ0) is 104. The Labute approximate surface area is 899 Å². The number of benzene rings is 6. The molecule has 12 heteroatoms. The summed E-state index contributed by atoms with van der Waals surface area (Å²) in [6.45, 7) is 46.2. The van der Waals surface area contributed by atoms with E-state index in [0.717, 1.165) is 128 Å². The highest BCUT2D eigenvalue weighted by atomic mass is 31.2. The summed E-state index contributed by atoms with van der Waals surface area (Å²) in [6.07, 6.45) is 90.3. The van der Waals surface area contributed by atoms with Gasteiger partial charge in [0.2, 0.25) is 0 Å². The molecule has 0 amide bonds. The number of unbranched alkanes of at least 4 members (excludes halogenated alkanes) is 60. The molecule has 9 nitrogen and oxygen atoms in total. The lowest BCUT2D eigenvalue weighted by atomic mass is 9.74. The molecule has 145 heavy (non-hydrogen) atoms. The van der Waals surface area contributed by atoms with Crippen LogP contribution in [0, 0.1) is 20.8 Å². The Morgan fingerprint density at radius 1 is 0.221 bits per heavy atom. The van der Waals surface area contributed by atoms with Gasteiger partial charge in [0.15, 0.2) is 0 Å². The third-order valence-electron chi connectivity index (χ3n) is 30.2. The van der Waals surface area contributed by atoms with Gasteiger partial charge in [0.1, 0.15) is 34.5 Å². The Bertz CT molecular complexity index is 4070. The van der Waals surface area contributed by atoms with Gasteiger partial charge in [0, 0.05) is 22.6 Å². The van der Waals surface area contributed by atoms with Gasteiger partial charge in [0.25, 0.3) is 0 Å². The van der Waals surface area contributed by atoms with Gasteiger partial charge in [-0.05, 0) is 212 Å². The van der Waals surface area contributed by atoms with Gasteiger partial charge in [-0.15, -0.1) is 0 Å². The summed E-state index contributed by atoms with van der Waals surface area (Å²) in [5.74, 6) is 4.82. The SMILES string of the molecule is CCCCCCCCCCCCCCCCCOP(OCCCCCCCCCCCCCCCCC)Oc1cc(C)c(C(CC(C)c2cc(C(C)(C)C)c(OP(Oc3cccc(CCCCCCCCC)c3)Oc3cccc(CCCCCCCCC)c3)cc2C)c2cc(C(C)(C)C)c(OP(OCCCCCCCCCCCCCCCCC)Oc3cccc(CCCCCCCCC)c3)cc2C)cc1C(C)(C)C.